The van der Waals surface area contributed by atoms with E-state index in [9.17, 15) is 14.7 Å². The molecule has 1 aromatic carbocycles. The van der Waals surface area contributed by atoms with Crippen LogP contribution in [0.25, 0.3) is 0 Å². The molecule has 0 radical (unpaired) electrons. The number of rotatable bonds is 7. The first-order valence-corrected chi connectivity index (χ1v) is 13.4. The number of carboxylic acid groups (broad SMARTS) is 1. The van der Waals surface area contributed by atoms with Crippen LogP contribution in [0.1, 0.15) is 91.9 Å². The third-order valence-corrected chi connectivity index (χ3v) is 7.95. The first kappa shape index (κ1) is 26.9. The Morgan fingerprint density at radius 2 is 2.03 bits per heavy atom. The second-order valence-corrected chi connectivity index (χ2v) is 12.2. The van der Waals surface area contributed by atoms with Gasteiger partial charge in [-0.05, 0) is 53.3 Å². The predicted octanol–water partition coefficient (Wildman–Crippen LogP) is 5.99. The second-order valence-electron chi connectivity index (χ2n) is 11.2. The van der Waals surface area contributed by atoms with Crippen molar-refractivity contribution in [1.29, 1.82) is 0 Å². The summed E-state index contributed by atoms with van der Waals surface area (Å²) in [5.41, 5.74) is -0.292. The number of aromatic nitrogens is 2. The Kier molecular flexibility index (Phi) is 7.21. The molecule has 4 rings (SSSR count). The maximum absolute atomic E-state index is 14.4. The minimum Gasteiger partial charge on any atom is -0.496 e. The van der Waals surface area contributed by atoms with Crippen molar-refractivity contribution >= 4 is 23.2 Å². The number of thiophene rings is 1. The summed E-state index contributed by atoms with van der Waals surface area (Å²) in [4.78, 5) is 34.5. The van der Waals surface area contributed by atoms with Crippen molar-refractivity contribution < 1.29 is 24.0 Å². The largest absolute Gasteiger partial charge is 0.496 e. The summed E-state index contributed by atoms with van der Waals surface area (Å²) in [7, 11) is 1.58. The number of aryl methyl sites for hydroxylation is 1. The molecule has 1 aliphatic rings. The Hall–Kier alpha value is -3.20. The van der Waals surface area contributed by atoms with Gasteiger partial charge in [-0.2, -0.15) is 4.98 Å². The molecule has 0 spiro atoms. The number of ether oxygens (including phenoxy) is 1. The summed E-state index contributed by atoms with van der Waals surface area (Å²) in [6.45, 7) is 11.9. The summed E-state index contributed by atoms with van der Waals surface area (Å²) >= 11 is 1.49. The molecule has 3 atom stereocenters. The Balaban J connectivity index is 1.92. The van der Waals surface area contributed by atoms with Crippen molar-refractivity contribution in [2.75, 3.05) is 7.11 Å². The molecule has 3 aromatic rings. The molecule has 198 valence electrons. The van der Waals surface area contributed by atoms with Gasteiger partial charge >= 0.3 is 5.97 Å². The zero-order valence-electron chi connectivity index (χ0n) is 22.4. The van der Waals surface area contributed by atoms with Gasteiger partial charge in [0.15, 0.2) is 5.82 Å². The molecule has 1 N–H and O–H groups in total. The Morgan fingerprint density at radius 1 is 1.30 bits per heavy atom. The summed E-state index contributed by atoms with van der Waals surface area (Å²) < 4.78 is 10.9. The van der Waals surface area contributed by atoms with Gasteiger partial charge in [0.2, 0.25) is 5.89 Å². The van der Waals surface area contributed by atoms with Crippen LogP contribution < -0.4 is 4.74 Å². The minimum absolute atomic E-state index is 0.0268. The number of carbonyl (C=O) groups excluding carboxylic acids is 1. The van der Waals surface area contributed by atoms with Crippen LogP contribution in [-0.2, 0) is 10.2 Å². The summed E-state index contributed by atoms with van der Waals surface area (Å²) in [6.07, 6.45) is 0.478. The van der Waals surface area contributed by atoms with Crippen molar-refractivity contribution in [3.05, 3.63) is 63.4 Å². The molecule has 3 heterocycles. The molecule has 1 saturated heterocycles. The van der Waals surface area contributed by atoms with E-state index in [1.165, 1.54) is 11.3 Å². The lowest BCUT2D eigenvalue weighted by Crippen LogP contribution is -2.54. The molecule has 0 saturated carbocycles. The van der Waals surface area contributed by atoms with Gasteiger partial charge in [0.05, 0.1) is 19.1 Å². The van der Waals surface area contributed by atoms with Crippen LogP contribution in [0.4, 0.5) is 0 Å². The molecule has 1 amide bonds. The number of hydrogen-bond acceptors (Lipinski definition) is 7. The maximum Gasteiger partial charge on any atom is 0.329 e. The average Bonchev–Trinajstić information content (AvgIpc) is 3.56. The third kappa shape index (κ3) is 4.89. The Morgan fingerprint density at radius 3 is 2.54 bits per heavy atom. The number of nitrogens with zero attached hydrogens (tertiary/aromatic N) is 3. The molecule has 8 nitrogen and oxygen atoms in total. The monoisotopic (exact) mass is 525 g/mol. The molecule has 2 aromatic heterocycles. The molecule has 0 aliphatic carbocycles. The van der Waals surface area contributed by atoms with Crippen LogP contribution >= 0.6 is 11.3 Å². The molecule has 1 aliphatic heterocycles. The van der Waals surface area contributed by atoms with Crippen LogP contribution in [0.2, 0.25) is 0 Å². The number of likely N-dealkylation sites (tertiary alicyclic amines) is 1. The number of methoxy groups -OCH3 is 1. The zero-order chi connectivity index (χ0) is 27.1. The van der Waals surface area contributed by atoms with E-state index in [0.29, 0.717) is 29.4 Å². The summed E-state index contributed by atoms with van der Waals surface area (Å²) in [5, 5.41) is 16.8. The molecule has 0 bridgehead atoms. The van der Waals surface area contributed by atoms with Crippen LogP contribution in [0, 0.1) is 12.8 Å². The van der Waals surface area contributed by atoms with E-state index in [-0.39, 0.29) is 23.7 Å². The van der Waals surface area contributed by atoms with E-state index < -0.39 is 23.5 Å². The maximum atomic E-state index is 14.4. The summed E-state index contributed by atoms with van der Waals surface area (Å²) in [5.74, 6) is -0.386. The van der Waals surface area contributed by atoms with E-state index >= 15 is 0 Å². The van der Waals surface area contributed by atoms with Crippen molar-refractivity contribution in [3.63, 3.8) is 0 Å². The van der Waals surface area contributed by atoms with E-state index in [1.54, 1.807) is 31.1 Å². The van der Waals surface area contributed by atoms with Gasteiger partial charge in [-0.15, -0.1) is 11.3 Å². The van der Waals surface area contributed by atoms with Crippen LogP contribution in [0.3, 0.4) is 0 Å². The molecular formula is C28H35N3O5S. The highest BCUT2D eigenvalue weighted by Crippen LogP contribution is 2.55. The smallest absolute Gasteiger partial charge is 0.329 e. The highest BCUT2D eigenvalue weighted by Gasteiger charge is 2.60. The lowest BCUT2D eigenvalue weighted by atomic mass is 9.83. The fourth-order valence-electron chi connectivity index (χ4n) is 5.54. The Bertz CT molecular complexity index is 1280. The third-order valence-electron chi connectivity index (χ3n) is 7.01. The van der Waals surface area contributed by atoms with Gasteiger partial charge in [-0.1, -0.05) is 51.9 Å². The number of amides is 1. The average molecular weight is 526 g/mol. The van der Waals surface area contributed by atoms with Gasteiger partial charge in [0.1, 0.15) is 11.3 Å². The number of carbonyl (C=O) groups is 2. The quantitative estimate of drug-likeness (QED) is 0.404. The van der Waals surface area contributed by atoms with E-state index in [1.807, 2.05) is 37.4 Å². The highest BCUT2D eigenvalue weighted by atomic mass is 32.1. The van der Waals surface area contributed by atoms with E-state index in [0.717, 1.165) is 10.4 Å². The molecule has 9 heteroatoms. The van der Waals surface area contributed by atoms with Gasteiger partial charge in [0, 0.05) is 17.4 Å². The fourth-order valence-corrected chi connectivity index (χ4v) is 6.42. The fraction of sp³-hybridized carbons (Fsp3) is 0.500. The normalized spacial score (nSPS) is 22.0. The number of aliphatic carboxylic acids is 1. The van der Waals surface area contributed by atoms with Crippen LogP contribution in [0.5, 0.6) is 5.75 Å². The Labute approximate surface area is 221 Å². The van der Waals surface area contributed by atoms with Crippen molar-refractivity contribution in [3.8, 4) is 5.75 Å². The van der Waals surface area contributed by atoms with Gasteiger partial charge in [-0.3, -0.25) is 4.79 Å². The van der Waals surface area contributed by atoms with Crippen molar-refractivity contribution in [2.45, 2.75) is 77.3 Å². The minimum atomic E-state index is -1.45. The standard InChI is InChI=1S/C28H35N3O5S/c1-16(2)14-28(26(33)34)15-19(24-29-17(3)36-30-24)23(22-9-8-12-37-22)31(28)25(32)18-10-11-20(27(4,5)6)21(13-18)35-7/h8-13,16,19,23H,14-15H2,1-7H3,(H,33,34)/t19-,23+,28-/m0/s1. The number of carboxylic acids is 1. The SMILES string of the molecule is COc1cc(C(=O)N2[C@@H](c3cccs3)[C@@H](c3noc(C)n3)C[C@@]2(CC(C)C)C(=O)O)ccc1C(C)(C)C. The highest BCUT2D eigenvalue weighted by molar-refractivity contribution is 7.10. The lowest BCUT2D eigenvalue weighted by Gasteiger charge is -2.39. The molecule has 37 heavy (non-hydrogen) atoms. The lowest BCUT2D eigenvalue weighted by molar-refractivity contribution is -0.150. The number of benzene rings is 1. The van der Waals surface area contributed by atoms with Crippen LogP contribution in [0.15, 0.2) is 40.2 Å². The first-order valence-electron chi connectivity index (χ1n) is 12.5. The number of hydrogen-bond donors (Lipinski definition) is 1. The van der Waals surface area contributed by atoms with Crippen LogP contribution in [-0.4, -0.2) is 44.7 Å². The van der Waals surface area contributed by atoms with E-state index in [2.05, 4.69) is 30.9 Å². The van der Waals surface area contributed by atoms with Crippen molar-refractivity contribution in [1.82, 2.24) is 15.0 Å². The topological polar surface area (TPSA) is 106 Å². The predicted molar refractivity (Wildman–Crippen MR) is 141 cm³/mol. The molecule has 0 unspecified atom stereocenters. The summed E-state index contributed by atoms with van der Waals surface area (Å²) in [6, 6.07) is 8.67. The zero-order valence-corrected chi connectivity index (χ0v) is 23.3. The van der Waals surface area contributed by atoms with Gasteiger partial charge in [-0.25, -0.2) is 4.79 Å². The van der Waals surface area contributed by atoms with Gasteiger partial charge in [0.25, 0.3) is 5.91 Å². The molecule has 1 fully saturated rings. The second kappa shape index (κ2) is 9.93. The van der Waals surface area contributed by atoms with Crippen molar-refractivity contribution in [2.24, 2.45) is 5.92 Å². The van der Waals surface area contributed by atoms with E-state index in [4.69, 9.17) is 9.26 Å². The first-order chi connectivity index (χ1) is 17.4. The molecular weight excluding hydrogens is 490 g/mol. The van der Waals surface area contributed by atoms with Gasteiger partial charge < -0.3 is 19.3 Å².